The van der Waals surface area contributed by atoms with E-state index in [-0.39, 0.29) is 17.6 Å². The number of methoxy groups -OCH3 is 2. The van der Waals surface area contributed by atoms with Gasteiger partial charge in [0.05, 0.1) is 37.6 Å². The molecule has 216 valence electrons. The molecule has 0 amide bonds. The first-order chi connectivity index (χ1) is 20.2. The third kappa shape index (κ3) is 5.63. The topological polar surface area (TPSA) is 134 Å². The molecule has 0 aliphatic heterocycles. The van der Waals surface area contributed by atoms with E-state index in [0.717, 1.165) is 18.0 Å². The van der Waals surface area contributed by atoms with Crippen LogP contribution in [-0.4, -0.2) is 57.6 Å². The van der Waals surface area contributed by atoms with Gasteiger partial charge in [-0.15, -0.1) is 10.2 Å². The van der Waals surface area contributed by atoms with Crippen LogP contribution in [0.4, 0.5) is 10.3 Å². The molecule has 2 unspecified atom stereocenters. The lowest BCUT2D eigenvalue weighted by Gasteiger charge is -2.21. The summed E-state index contributed by atoms with van der Waals surface area (Å²) in [6.07, 6.45) is 2.00. The number of hydrogen-bond acceptors (Lipinski definition) is 9. The minimum absolute atomic E-state index is 0.112. The first-order valence-electron chi connectivity index (χ1n) is 12.9. The van der Waals surface area contributed by atoms with Crippen LogP contribution in [0.1, 0.15) is 25.6 Å². The van der Waals surface area contributed by atoms with E-state index in [1.807, 2.05) is 42.5 Å². The number of ether oxygens (including phenoxy) is 2. The second-order valence-corrected chi connectivity index (χ2v) is 11.4. The number of hydrogen-bond donors (Lipinski definition) is 1. The molecule has 0 spiro atoms. The third-order valence-electron chi connectivity index (χ3n) is 6.81. The van der Waals surface area contributed by atoms with Crippen molar-refractivity contribution in [1.82, 2.24) is 29.7 Å². The second-order valence-electron chi connectivity index (χ2n) is 9.37. The highest BCUT2D eigenvalue weighted by atomic mass is 32.2. The van der Waals surface area contributed by atoms with E-state index in [1.165, 1.54) is 25.7 Å². The Morgan fingerprint density at radius 2 is 1.45 bits per heavy atom. The van der Waals surface area contributed by atoms with Crippen molar-refractivity contribution in [2.75, 3.05) is 18.9 Å². The molecule has 0 aliphatic rings. The summed E-state index contributed by atoms with van der Waals surface area (Å²) in [5.74, 6) is -0.202. The second kappa shape index (κ2) is 11.9. The van der Waals surface area contributed by atoms with Gasteiger partial charge in [-0.2, -0.15) is 0 Å². The van der Waals surface area contributed by atoms with Gasteiger partial charge in [0.15, 0.2) is 11.6 Å². The molecule has 0 fully saturated rings. The van der Waals surface area contributed by atoms with Crippen LogP contribution in [0.25, 0.3) is 28.5 Å². The van der Waals surface area contributed by atoms with Crippen molar-refractivity contribution in [3.8, 4) is 40.0 Å². The number of sulfonamides is 1. The Hall–Kier alpha value is -4.91. The number of pyridine rings is 1. The van der Waals surface area contributed by atoms with Gasteiger partial charge >= 0.3 is 0 Å². The highest BCUT2D eigenvalue weighted by molar-refractivity contribution is 7.93. The van der Waals surface area contributed by atoms with Crippen LogP contribution in [0.3, 0.4) is 0 Å². The maximum atomic E-state index is 13.7. The van der Waals surface area contributed by atoms with Crippen molar-refractivity contribution in [3.05, 3.63) is 90.8 Å². The van der Waals surface area contributed by atoms with Gasteiger partial charge in [0, 0.05) is 11.5 Å². The van der Waals surface area contributed by atoms with Crippen LogP contribution in [0.2, 0.25) is 0 Å². The summed E-state index contributed by atoms with van der Waals surface area (Å²) in [6.45, 7) is 3.16. The lowest BCUT2D eigenvalue weighted by molar-refractivity contribution is 0.391. The zero-order valence-corrected chi connectivity index (χ0v) is 24.1. The van der Waals surface area contributed by atoms with Crippen LogP contribution >= 0.6 is 0 Å². The number of nitrogens with one attached hydrogen (secondary N) is 1. The van der Waals surface area contributed by atoms with Gasteiger partial charge in [-0.1, -0.05) is 49.4 Å². The Labute approximate surface area is 242 Å². The monoisotopic (exact) mass is 589 g/mol. The molecule has 0 aliphatic carbocycles. The van der Waals surface area contributed by atoms with Crippen LogP contribution in [0.5, 0.6) is 11.5 Å². The molecule has 0 saturated heterocycles. The van der Waals surface area contributed by atoms with Gasteiger partial charge in [-0.05, 0) is 31.2 Å². The fourth-order valence-corrected chi connectivity index (χ4v) is 5.60. The van der Waals surface area contributed by atoms with E-state index >= 15 is 0 Å². The summed E-state index contributed by atoms with van der Waals surface area (Å²) in [4.78, 5) is 12.7. The molecule has 0 bridgehead atoms. The van der Waals surface area contributed by atoms with Crippen LogP contribution in [-0.2, 0) is 10.0 Å². The van der Waals surface area contributed by atoms with Crippen LogP contribution in [0.15, 0.2) is 79.1 Å². The van der Waals surface area contributed by atoms with Crippen molar-refractivity contribution in [1.29, 1.82) is 0 Å². The highest BCUT2D eigenvalue weighted by Crippen LogP contribution is 2.38. The molecule has 13 heteroatoms. The zero-order chi connectivity index (χ0) is 29.9. The maximum Gasteiger partial charge on any atom is 0.243 e. The van der Waals surface area contributed by atoms with Gasteiger partial charge in [0.1, 0.15) is 28.7 Å². The van der Waals surface area contributed by atoms with Crippen LogP contribution in [0, 0.1) is 5.82 Å². The van der Waals surface area contributed by atoms with E-state index < -0.39 is 27.0 Å². The summed E-state index contributed by atoms with van der Waals surface area (Å²) < 4.78 is 56.0. The fraction of sp³-hybridized carbons (Fsp3) is 0.207. The Kier molecular flexibility index (Phi) is 8.11. The molecule has 0 saturated carbocycles. The summed E-state index contributed by atoms with van der Waals surface area (Å²) in [7, 11) is -1.12. The van der Waals surface area contributed by atoms with Gasteiger partial charge in [0.2, 0.25) is 16.0 Å². The van der Waals surface area contributed by atoms with Crippen LogP contribution < -0.4 is 14.2 Å². The predicted molar refractivity (Wildman–Crippen MR) is 156 cm³/mol. The number of benzene rings is 2. The standard InChI is InChI=1S/C29H28FN7O4S/c1-18(27-31-16-21(30)17-32-27)19(2)42(38,39)36-29-35-34-28(37(29)26-24(40-3)14-9-15-25(26)41-4)23-13-8-12-22(33-23)20-10-6-5-7-11-20/h5-19H,1-4H3,(H,35,36). The van der Waals surface area contributed by atoms with E-state index in [4.69, 9.17) is 14.5 Å². The van der Waals surface area contributed by atoms with E-state index in [2.05, 4.69) is 24.9 Å². The number of halogens is 1. The predicted octanol–water partition coefficient (Wildman–Crippen LogP) is 4.88. The van der Waals surface area contributed by atoms with Crippen molar-refractivity contribution in [3.63, 3.8) is 0 Å². The van der Waals surface area contributed by atoms with Crippen molar-refractivity contribution < 1.29 is 22.3 Å². The van der Waals surface area contributed by atoms with E-state index in [1.54, 1.807) is 31.2 Å². The Morgan fingerprint density at radius 1 is 0.833 bits per heavy atom. The van der Waals surface area contributed by atoms with Crippen molar-refractivity contribution >= 4 is 16.0 Å². The molecule has 1 N–H and O–H groups in total. The highest BCUT2D eigenvalue weighted by Gasteiger charge is 2.32. The van der Waals surface area contributed by atoms with E-state index in [0.29, 0.717) is 28.6 Å². The summed E-state index contributed by atoms with van der Waals surface area (Å²) in [6, 6.07) is 20.2. The molecule has 2 atom stereocenters. The molecule has 2 aromatic carbocycles. The zero-order valence-electron chi connectivity index (χ0n) is 23.3. The fourth-order valence-electron chi connectivity index (χ4n) is 4.37. The molecule has 11 nitrogen and oxygen atoms in total. The van der Waals surface area contributed by atoms with Gasteiger partial charge in [0.25, 0.3) is 0 Å². The molecule has 5 rings (SSSR count). The van der Waals surface area contributed by atoms with Gasteiger partial charge in [-0.3, -0.25) is 9.29 Å². The number of aromatic nitrogens is 6. The molecule has 42 heavy (non-hydrogen) atoms. The normalized spacial score (nSPS) is 12.9. The van der Waals surface area contributed by atoms with Gasteiger partial charge < -0.3 is 9.47 Å². The molecular formula is C29H28FN7O4S. The summed E-state index contributed by atoms with van der Waals surface area (Å²) >= 11 is 0. The molecule has 5 aromatic rings. The SMILES string of the molecule is COc1cccc(OC)c1-n1c(NS(=O)(=O)C(C)C(C)c2ncc(F)cn2)nnc1-c1cccc(-c2ccccc2)n1. The minimum atomic E-state index is -4.11. The smallest absolute Gasteiger partial charge is 0.243 e. The average molecular weight is 590 g/mol. The third-order valence-corrected chi connectivity index (χ3v) is 8.67. The first kappa shape index (κ1) is 28.6. The Bertz CT molecular complexity index is 1780. The number of para-hydroxylation sites is 1. The largest absolute Gasteiger partial charge is 0.494 e. The quantitative estimate of drug-likeness (QED) is 0.242. The lowest BCUT2D eigenvalue weighted by Crippen LogP contribution is -2.31. The first-order valence-corrected chi connectivity index (χ1v) is 14.5. The average Bonchev–Trinajstić information content (AvgIpc) is 3.42. The minimum Gasteiger partial charge on any atom is -0.494 e. The lowest BCUT2D eigenvalue weighted by atomic mass is 10.1. The molecular weight excluding hydrogens is 561 g/mol. The van der Waals surface area contributed by atoms with E-state index in [9.17, 15) is 12.8 Å². The van der Waals surface area contributed by atoms with Crippen molar-refractivity contribution in [2.24, 2.45) is 0 Å². The van der Waals surface area contributed by atoms with Gasteiger partial charge in [-0.25, -0.2) is 27.8 Å². The Balaban J connectivity index is 1.63. The summed E-state index contributed by atoms with van der Waals surface area (Å²) in [5, 5.41) is 7.54. The number of rotatable bonds is 10. The molecule has 3 heterocycles. The Morgan fingerprint density at radius 3 is 2.10 bits per heavy atom. The summed E-state index contributed by atoms with van der Waals surface area (Å²) in [5.41, 5.74) is 2.39. The maximum absolute atomic E-state index is 13.7. The number of anilines is 1. The van der Waals surface area contributed by atoms with Crippen molar-refractivity contribution in [2.45, 2.75) is 25.0 Å². The number of nitrogens with zero attached hydrogens (tertiary/aromatic N) is 6. The molecule has 0 radical (unpaired) electrons. The molecule has 3 aromatic heterocycles.